The van der Waals surface area contributed by atoms with Crippen LogP contribution in [0.3, 0.4) is 0 Å². The van der Waals surface area contributed by atoms with Crippen LogP contribution in [0.25, 0.3) is 0 Å². The highest BCUT2D eigenvalue weighted by Gasteiger charge is 2.13. The Hall–Kier alpha value is -0.510. The molecule has 0 aromatic rings. The zero-order valence-electron chi connectivity index (χ0n) is 6.92. The highest BCUT2D eigenvalue weighted by atomic mass is 32.2. The minimum absolute atomic E-state index is 0.0285. The van der Waals surface area contributed by atoms with Crippen molar-refractivity contribution in [2.45, 2.75) is 13.8 Å². The van der Waals surface area contributed by atoms with Gasteiger partial charge in [-0.05, 0) is 0 Å². The lowest BCUT2D eigenvalue weighted by molar-refractivity contribution is -0.143. The van der Waals surface area contributed by atoms with Gasteiger partial charge in [-0.1, -0.05) is 18.7 Å². The van der Waals surface area contributed by atoms with Crippen LogP contribution in [0, 0.1) is 5.92 Å². The number of rotatable bonds is 3. The highest BCUT2D eigenvalue weighted by molar-refractivity contribution is 8.13. The SMILES string of the molecule is COC(=O)[C@@H](C)CSC(C)=O. The molecule has 0 aromatic carbocycles. The van der Waals surface area contributed by atoms with Crippen LogP contribution >= 0.6 is 11.8 Å². The Balaban J connectivity index is 3.60. The summed E-state index contributed by atoms with van der Waals surface area (Å²) in [5.41, 5.74) is 0. The molecule has 0 heterocycles. The Labute approximate surface area is 70.5 Å². The van der Waals surface area contributed by atoms with Gasteiger partial charge in [0.1, 0.15) is 0 Å². The Morgan fingerprint density at radius 3 is 2.45 bits per heavy atom. The Kier molecular flexibility index (Phi) is 4.94. The number of methoxy groups -OCH3 is 1. The van der Waals surface area contributed by atoms with Crippen LogP contribution in [0.2, 0.25) is 0 Å². The van der Waals surface area contributed by atoms with Crippen molar-refractivity contribution in [3.05, 3.63) is 0 Å². The Morgan fingerprint density at radius 1 is 1.55 bits per heavy atom. The fourth-order valence-corrected chi connectivity index (χ4v) is 1.13. The number of ether oxygens (including phenoxy) is 1. The molecule has 0 spiro atoms. The van der Waals surface area contributed by atoms with E-state index in [9.17, 15) is 9.59 Å². The van der Waals surface area contributed by atoms with E-state index in [1.807, 2.05) is 0 Å². The first-order valence-electron chi connectivity index (χ1n) is 3.29. The molecule has 3 nitrogen and oxygen atoms in total. The van der Waals surface area contributed by atoms with Gasteiger partial charge < -0.3 is 4.74 Å². The first-order valence-corrected chi connectivity index (χ1v) is 4.27. The van der Waals surface area contributed by atoms with Gasteiger partial charge >= 0.3 is 5.97 Å². The Morgan fingerprint density at radius 2 is 2.09 bits per heavy atom. The molecule has 0 N–H and O–H groups in total. The average Bonchev–Trinajstić information content (AvgIpc) is 1.98. The second-order valence-electron chi connectivity index (χ2n) is 2.23. The second-order valence-corrected chi connectivity index (χ2v) is 3.42. The molecule has 11 heavy (non-hydrogen) atoms. The summed E-state index contributed by atoms with van der Waals surface area (Å²) in [7, 11) is 1.34. The van der Waals surface area contributed by atoms with Crippen molar-refractivity contribution in [1.82, 2.24) is 0 Å². The molecule has 0 fully saturated rings. The van der Waals surface area contributed by atoms with Gasteiger partial charge in [-0.25, -0.2) is 0 Å². The lowest BCUT2D eigenvalue weighted by Crippen LogP contribution is -2.15. The first-order chi connectivity index (χ1) is 5.07. The average molecular weight is 176 g/mol. The van der Waals surface area contributed by atoms with E-state index in [2.05, 4.69) is 4.74 Å². The molecule has 4 heteroatoms. The summed E-state index contributed by atoms with van der Waals surface area (Å²) in [5, 5.41) is 0.0285. The van der Waals surface area contributed by atoms with Crippen LogP contribution in [-0.4, -0.2) is 23.9 Å². The van der Waals surface area contributed by atoms with E-state index in [-0.39, 0.29) is 17.0 Å². The predicted molar refractivity (Wildman–Crippen MR) is 44.3 cm³/mol. The van der Waals surface area contributed by atoms with Crippen molar-refractivity contribution >= 4 is 22.8 Å². The van der Waals surface area contributed by atoms with E-state index in [0.717, 1.165) is 11.8 Å². The maximum Gasteiger partial charge on any atom is 0.309 e. The normalized spacial score (nSPS) is 12.3. The van der Waals surface area contributed by atoms with Gasteiger partial charge in [0.15, 0.2) is 5.12 Å². The summed E-state index contributed by atoms with van der Waals surface area (Å²) in [4.78, 5) is 21.2. The molecule has 0 aromatic heterocycles. The third-order valence-electron chi connectivity index (χ3n) is 1.14. The van der Waals surface area contributed by atoms with Crippen molar-refractivity contribution in [3.63, 3.8) is 0 Å². The molecule has 0 rings (SSSR count). The molecule has 1 atom stereocenters. The predicted octanol–water partition coefficient (Wildman–Crippen LogP) is 1.08. The van der Waals surface area contributed by atoms with Crippen molar-refractivity contribution in [1.29, 1.82) is 0 Å². The molecule has 0 aliphatic heterocycles. The standard InChI is InChI=1S/C7H12O3S/c1-5(7(9)10-3)4-11-6(2)8/h5H,4H2,1-3H3/t5-/m0/s1. The van der Waals surface area contributed by atoms with E-state index in [0.29, 0.717) is 5.75 Å². The molecule has 0 saturated carbocycles. The van der Waals surface area contributed by atoms with Crippen molar-refractivity contribution in [2.24, 2.45) is 5.92 Å². The second kappa shape index (κ2) is 5.18. The summed E-state index contributed by atoms with van der Waals surface area (Å²) >= 11 is 1.14. The highest BCUT2D eigenvalue weighted by Crippen LogP contribution is 2.09. The molecule has 0 radical (unpaired) electrons. The molecule has 0 unspecified atom stereocenters. The maximum absolute atomic E-state index is 10.8. The summed E-state index contributed by atoms with van der Waals surface area (Å²) < 4.78 is 4.48. The largest absolute Gasteiger partial charge is 0.469 e. The van der Waals surface area contributed by atoms with Crippen LogP contribution in [-0.2, 0) is 14.3 Å². The smallest absolute Gasteiger partial charge is 0.309 e. The monoisotopic (exact) mass is 176 g/mol. The number of carbonyl (C=O) groups is 2. The van der Waals surface area contributed by atoms with Gasteiger partial charge in [0, 0.05) is 12.7 Å². The van der Waals surface area contributed by atoms with Crippen LogP contribution in [0.5, 0.6) is 0 Å². The zero-order chi connectivity index (χ0) is 8.85. The lowest BCUT2D eigenvalue weighted by atomic mass is 10.2. The minimum atomic E-state index is -0.265. The maximum atomic E-state index is 10.8. The Bertz CT molecular complexity index is 156. The van der Waals surface area contributed by atoms with Crippen LogP contribution in [0.1, 0.15) is 13.8 Å². The third-order valence-corrected chi connectivity index (χ3v) is 2.21. The molecular weight excluding hydrogens is 164 g/mol. The van der Waals surface area contributed by atoms with E-state index < -0.39 is 0 Å². The molecular formula is C7H12O3S. The van der Waals surface area contributed by atoms with E-state index in [1.165, 1.54) is 14.0 Å². The fraction of sp³-hybridized carbons (Fsp3) is 0.714. The topological polar surface area (TPSA) is 43.4 Å². The molecule has 0 bridgehead atoms. The summed E-state index contributed by atoms with van der Waals surface area (Å²) in [6.07, 6.45) is 0. The van der Waals surface area contributed by atoms with Gasteiger partial charge in [0.2, 0.25) is 0 Å². The zero-order valence-corrected chi connectivity index (χ0v) is 7.73. The van der Waals surface area contributed by atoms with E-state index in [1.54, 1.807) is 6.92 Å². The quantitative estimate of drug-likeness (QED) is 0.603. The van der Waals surface area contributed by atoms with Crippen LogP contribution in [0.4, 0.5) is 0 Å². The van der Waals surface area contributed by atoms with Crippen LogP contribution in [0.15, 0.2) is 0 Å². The molecule has 0 saturated heterocycles. The number of esters is 1. The van der Waals surface area contributed by atoms with Crippen molar-refractivity contribution in [3.8, 4) is 0 Å². The number of carbonyl (C=O) groups excluding carboxylic acids is 2. The first kappa shape index (κ1) is 10.5. The van der Waals surface area contributed by atoms with Gasteiger partial charge in [-0.2, -0.15) is 0 Å². The fourth-order valence-electron chi connectivity index (χ4n) is 0.512. The van der Waals surface area contributed by atoms with Gasteiger partial charge in [0.05, 0.1) is 13.0 Å². The van der Waals surface area contributed by atoms with E-state index in [4.69, 9.17) is 0 Å². The van der Waals surface area contributed by atoms with Crippen molar-refractivity contribution in [2.75, 3.05) is 12.9 Å². The number of hydrogen-bond acceptors (Lipinski definition) is 4. The summed E-state index contributed by atoms with van der Waals surface area (Å²) in [5.74, 6) is 0.0369. The summed E-state index contributed by atoms with van der Waals surface area (Å²) in [6.45, 7) is 3.22. The molecule has 64 valence electrons. The van der Waals surface area contributed by atoms with Gasteiger partial charge in [-0.3, -0.25) is 9.59 Å². The molecule has 0 aliphatic carbocycles. The minimum Gasteiger partial charge on any atom is -0.469 e. The van der Waals surface area contributed by atoms with Crippen LogP contribution < -0.4 is 0 Å². The number of thioether (sulfide) groups is 1. The van der Waals surface area contributed by atoms with Gasteiger partial charge in [0.25, 0.3) is 0 Å². The molecule has 0 aliphatic rings. The summed E-state index contributed by atoms with van der Waals surface area (Å²) in [6, 6.07) is 0. The molecule has 0 amide bonds. The third kappa shape index (κ3) is 4.84. The van der Waals surface area contributed by atoms with Gasteiger partial charge in [-0.15, -0.1) is 0 Å². The van der Waals surface area contributed by atoms with E-state index >= 15 is 0 Å². The lowest BCUT2D eigenvalue weighted by Gasteiger charge is -2.05. The van der Waals surface area contributed by atoms with Crippen molar-refractivity contribution < 1.29 is 14.3 Å². The number of hydrogen-bond donors (Lipinski definition) is 0.